The van der Waals surface area contributed by atoms with Gasteiger partial charge in [-0.2, -0.15) is 5.10 Å². The summed E-state index contributed by atoms with van der Waals surface area (Å²) in [6, 6.07) is 20.0. The number of para-hydroxylation sites is 2. The summed E-state index contributed by atoms with van der Waals surface area (Å²) < 4.78 is 6.75. The number of rotatable bonds is 4. The fourth-order valence-electron chi connectivity index (χ4n) is 2.94. The monoisotopic (exact) mass is 359 g/mol. The van der Waals surface area contributed by atoms with Crippen LogP contribution in [-0.2, 0) is 4.74 Å². The van der Waals surface area contributed by atoms with E-state index in [-0.39, 0.29) is 18.1 Å². The summed E-state index contributed by atoms with van der Waals surface area (Å²) in [7, 11) is 0. The number of aromatic hydroxyl groups is 1. The number of hydrogen-bond donors (Lipinski definition) is 1. The molecule has 4 aromatic rings. The van der Waals surface area contributed by atoms with Crippen LogP contribution in [0.4, 0.5) is 0 Å². The molecule has 1 N–H and O–H groups in total. The third-order valence-electron chi connectivity index (χ3n) is 4.18. The van der Waals surface area contributed by atoms with Crippen molar-refractivity contribution in [2.45, 2.75) is 6.92 Å². The predicted molar refractivity (Wildman–Crippen MR) is 102 cm³/mol. The van der Waals surface area contributed by atoms with Crippen LogP contribution in [0, 0.1) is 0 Å². The van der Waals surface area contributed by atoms with Gasteiger partial charge in [-0.05, 0) is 43.3 Å². The maximum Gasteiger partial charge on any atom is 0.359 e. The van der Waals surface area contributed by atoms with Gasteiger partial charge in [-0.3, -0.25) is 0 Å². The lowest BCUT2D eigenvalue weighted by molar-refractivity contribution is 0.0521. The number of carbonyl (C=O) groups is 1. The normalized spacial score (nSPS) is 10.9. The largest absolute Gasteiger partial charge is 0.507 e. The third-order valence-corrected chi connectivity index (χ3v) is 4.18. The zero-order chi connectivity index (χ0) is 18.8. The maximum atomic E-state index is 12.3. The van der Waals surface area contributed by atoms with Crippen LogP contribution in [0.3, 0.4) is 0 Å². The van der Waals surface area contributed by atoms with E-state index in [1.807, 2.05) is 36.4 Å². The van der Waals surface area contributed by atoms with Crippen LogP contribution in [0.25, 0.3) is 28.0 Å². The van der Waals surface area contributed by atoms with Crippen LogP contribution in [-0.4, -0.2) is 32.4 Å². The summed E-state index contributed by atoms with van der Waals surface area (Å²) in [5.41, 5.74) is 2.71. The summed E-state index contributed by atoms with van der Waals surface area (Å²) in [6.07, 6.45) is 0. The molecule has 0 fully saturated rings. The highest BCUT2D eigenvalue weighted by Gasteiger charge is 2.21. The summed E-state index contributed by atoms with van der Waals surface area (Å²) >= 11 is 0. The van der Waals surface area contributed by atoms with Crippen LogP contribution in [0.1, 0.15) is 17.4 Å². The first-order valence-corrected chi connectivity index (χ1v) is 8.59. The van der Waals surface area contributed by atoms with Gasteiger partial charge in [-0.15, -0.1) is 0 Å². The van der Waals surface area contributed by atoms with E-state index in [4.69, 9.17) is 4.74 Å². The second-order valence-electron chi connectivity index (χ2n) is 5.90. The van der Waals surface area contributed by atoms with Gasteiger partial charge in [0.1, 0.15) is 5.75 Å². The van der Waals surface area contributed by atoms with Crippen molar-refractivity contribution in [2.75, 3.05) is 6.61 Å². The van der Waals surface area contributed by atoms with Gasteiger partial charge >= 0.3 is 5.97 Å². The molecule has 0 saturated heterocycles. The van der Waals surface area contributed by atoms with E-state index in [1.165, 1.54) is 0 Å². The molecule has 0 unspecified atom stereocenters. The number of aromatic nitrogens is 3. The molecule has 2 aromatic carbocycles. The average Bonchev–Trinajstić information content (AvgIpc) is 3.08. The van der Waals surface area contributed by atoms with Crippen molar-refractivity contribution in [2.24, 2.45) is 0 Å². The Balaban J connectivity index is 1.96. The Morgan fingerprint density at radius 1 is 1.04 bits per heavy atom. The molecule has 0 aliphatic rings. The second-order valence-corrected chi connectivity index (χ2v) is 5.90. The number of phenols is 1. The zero-order valence-electron chi connectivity index (χ0n) is 14.7. The van der Waals surface area contributed by atoms with E-state index >= 15 is 0 Å². The highest BCUT2D eigenvalue weighted by atomic mass is 16.5. The van der Waals surface area contributed by atoms with Crippen molar-refractivity contribution in [1.29, 1.82) is 0 Å². The molecule has 0 saturated carbocycles. The van der Waals surface area contributed by atoms with Gasteiger partial charge in [0.25, 0.3) is 0 Å². The first-order valence-electron chi connectivity index (χ1n) is 8.59. The molecular weight excluding hydrogens is 342 g/mol. The molecule has 0 aliphatic heterocycles. The molecule has 0 spiro atoms. The molecule has 6 nitrogen and oxygen atoms in total. The molecule has 0 aliphatic carbocycles. The van der Waals surface area contributed by atoms with Crippen molar-refractivity contribution >= 4 is 17.0 Å². The van der Waals surface area contributed by atoms with E-state index in [1.54, 1.807) is 41.9 Å². The number of ether oxygens (including phenoxy) is 1. The number of hydrogen-bond acceptors (Lipinski definition) is 5. The molecule has 0 atom stereocenters. The zero-order valence-corrected chi connectivity index (χ0v) is 14.7. The van der Waals surface area contributed by atoms with Gasteiger partial charge in [0.2, 0.25) is 0 Å². The summed E-state index contributed by atoms with van der Waals surface area (Å²) in [4.78, 5) is 17.0. The molecule has 27 heavy (non-hydrogen) atoms. The number of pyridine rings is 1. The van der Waals surface area contributed by atoms with Gasteiger partial charge in [-0.25, -0.2) is 14.5 Å². The van der Waals surface area contributed by atoms with Crippen LogP contribution in [0.2, 0.25) is 0 Å². The minimum atomic E-state index is -0.491. The predicted octanol–water partition coefficient (Wildman–Crippen LogP) is 3.97. The highest BCUT2D eigenvalue weighted by molar-refractivity contribution is 6.02. The van der Waals surface area contributed by atoms with Crippen molar-refractivity contribution in [3.63, 3.8) is 0 Å². The Labute approximate surface area is 155 Å². The fraction of sp³-hybridized carbons (Fsp3) is 0.0952. The van der Waals surface area contributed by atoms with Gasteiger partial charge in [0, 0.05) is 5.56 Å². The number of fused-ring (bicyclic) bond motifs is 1. The molecule has 2 heterocycles. The van der Waals surface area contributed by atoms with E-state index in [0.29, 0.717) is 22.3 Å². The third kappa shape index (κ3) is 3.01. The van der Waals surface area contributed by atoms with Gasteiger partial charge in [0.15, 0.2) is 11.3 Å². The SMILES string of the molecule is CCOC(=O)c1nn(-c2ccccc2)c2nc(-c3ccccc3O)ccc12. The average molecular weight is 359 g/mol. The molecular formula is C21H17N3O3. The van der Waals surface area contributed by atoms with Crippen LogP contribution < -0.4 is 0 Å². The first-order chi connectivity index (χ1) is 13.2. The van der Waals surface area contributed by atoms with Gasteiger partial charge < -0.3 is 9.84 Å². The van der Waals surface area contributed by atoms with Crippen molar-refractivity contribution in [3.05, 3.63) is 72.4 Å². The minimum Gasteiger partial charge on any atom is -0.507 e. The standard InChI is InChI=1S/C21H17N3O3/c1-2-27-21(26)19-16-12-13-17(15-10-6-7-11-18(15)25)22-20(16)24(23-19)14-8-4-3-5-9-14/h3-13,25H,2H2,1H3. The molecule has 6 heteroatoms. The summed E-state index contributed by atoms with van der Waals surface area (Å²) in [6.45, 7) is 2.02. The fourth-order valence-corrected chi connectivity index (χ4v) is 2.94. The Morgan fingerprint density at radius 3 is 2.52 bits per heavy atom. The second kappa shape index (κ2) is 6.92. The van der Waals surface area contributed by atoms with Crippen molar-refractivity contribution in [1.82, 2.24) is 14.8 Å². The van der Waals surface area contributed by atoms with Crippen LogP contribution in [0.5, 0.6) is 5.75 Å². The Kier molecular flexibility index (Phi) is 4.30. The van der Waals surface area contributed by atoms with Gasteiger partial charge in [-0.1, -0.05) is 30.3 Å². The maximum absolute atomic E-state index is 12.3. The number of esters is 1. The van der Waals surface area contributed by atoms with Crippen molar-refractivity contribution < 1.29 is 14.6 Å². The van der Waals surface area contributed by atoms with Crippen molar-refractivity contribution in [3.8, 4) is 22.7 Å². The van der Waals surface area contributed by atoms with E-state index in [2.05, 4.69) is 10.1 Å². The minimum absolute atomic E-state index is 0.140. The molecule has 4 rings (SSSR count). The highest BCUT2D eigenvalue weighted by Crippen LogP contribution is 2.30. The topological polar surface area (TPSA) is 77.2 Å². The quantitative estimate of drug-likeness (QED) is 0.558. The number of carbonyl (C=O) groups excluding carboxylic acids is 1. The molecule has 0 bridgehead atoms. The van der Waals surface area contributed by atoms with Crippen LogP contribution >= 0.6 is 0 Å². The summed E-state index contributed by atoms with van der Waals surface area (Å²) in [5.74, 6) is -0.352. The molecule has 134 valence electrons. The lowest BCUT2D eigenvalue weighted by Gasteiger charge is -2.06. The number of phenolic OH excluding ortho intramolecular Hbond substituents is 1. The summed E-state index contributed by atoms with van der Waals surface area (Å²) in [5, 5.41) is 15.2. The van der Waals surface area contributed by atoms with Gasteiger partial charge in [0.05, 0.1) is 23.4 Å². The molecule has 0 amide bonds. The number of nitrogens with zero attached hydrogens (tertiary/aromatic N) is 3. The lowest BCUT2D eigenvalue weighted by atomic mass is 10.1. The lowest BCUT2D eigenvalue weighted by Crippen LogP contribution is -2.07. The smallest absolute Gasteiger partial charge is 0.359 e. The molecule has 0 radical (unpaired) electrons. The van der Waals surface area contributed by atoms with E-state index < -0.39 is 5.97 Å². The van der Waals surface area contributed by atoms with E-state index in [0.717, 1.165) is 5.69 Å². The van der Waals surface area contributed by atoms with E-state index in [9.17, 15) is 9.90 Å². The molecule has 2 aromatic heterocycles. The Bertz CT molecular complexity index is 1120. The Morgan fingerprint density at radius 2 is 1.78 bits per heavy atom. The first kappa shape index (κ1) is 16.8. The van der Waals surface area contributed by atoms with Crippen LogP contribution in [0.15, 0.2) is 66.7 Å². The Hall–Kier alpha value is -3.67. The number of benzene rings is 2.